The van der Waals surface area contributed by atoms with Crippen LogP contribution in [-0.2, 0) is 4.79 Å². The highest BCUT2D eigenvalue weighted by molar-refractivity contribution is 6.34. The van der Waals surface area contributed by atoms with E-state index in [1.165, 1.54) is 12.1 Å². The number of carbonyl (C=O) groups is 1. The Morgan fingerprint density at radius 2 is 1.75 bits per heavy atom. The number of aliphatic carboxylic acids is 1. The number of ether oxygens (including phenoxy) is 1. The van der Waals surface area contributed by atoms with Crippen molar-refractivity contribution in [1.82, 2.24) is 0 Å². The van der Waals surface area contributed by atoms with Gasteiger partial charge in [0.1, 0.15) is 5.75 Å². The molecular weight excluding hydrogens is 251 g/mol. The van der Waals surface area contributed by atoms with Crippen LogP contribution in [0.1, 0.15) is 13.8 Å². The number of halogens is 2. The van der Waals surface area contributed by atoms with E-state index in [4.69, 9.17) is 33.0 Å². The molecule has 0 heterocycles. The quantitative estimate of drug-likeness (QED) is 0.904. The monoisotopic (exact) mass is 262 g/mol. The van der Waals surface area contributed by atoms with Crippen molar-refractivity contribution in [3.63, 3.8) is 0 Å². The molecule has 0 saturated carbocycles. The summed E-state index contributed by atoms with van der Waals surface area (Å²) >= 11 is 11.6. The Morgan fingerprint density at radius 1 is 1.25 bits per heavy atom. The molecule has 1 aromatic carbocycles. The van der Waals surface area contributed by atoms with Gasteiger partial charge in [-0.1, -0.05) is 37.0 Å². The minimum Gasteiger partial charge on any atom is -0.478 e. The van der Waals surface area contributed by atoms with Crippen LogP contribution in [0.4, 0.5) is 0 Å². The Kier molecular flexibility index (Phi) is 4.44. The first kappa shape index (κ1) is 13.1. The molecule has 88 valence electrons. The molecule has 0 aliphatic carbocycles. The molecule has 5 heteroatoms. The molecule has 1 unspecified atom stereocenters. The fraction of sp³-hybridized carbons (Fsp3) is 0.364. The predicted molar refractivity (Wildman–Crippen MR) is 63.4 cm³/mol. The van der Waals surface area contributed by atoms with E-state index in [2.05, 4.69) is 0 Å². The third-order valence-electron chi connectivity index (χ3n) is 1.95. The summed E-state index contributed by atoms with van der Waals surface area (Å²) < 4.78 is 5.33. The van der Waals surface area contributed by atoms with E-state index in [-0.39, 0.29) is 5.92 Å². The molecule has 1 rings (SSSR count). The van der Waals surface area contributed by atoms with Gasteiger partial charge in [-0.2, -0.15) is 0 Å². The molecule has 0 radical (unpaired) electrons. The van der Waals surface area contributed by atoms with Gasteiger partial charge < -0.3 is 9.84 Å². The fourth-order valence-electron chi connectivity index (χ4n) is 1.21. The highest BCUT2D eigenvalue weighted by Gasteiger charge is 2.23. The lowest BCUT2D eigenvalue weighted by atomic mass is 10.1. The van der Waals surface area contributed by atoms with Crippen molar-refractivity contribution in [2.45, 2.75) is 20.0 Å². The molecule has 0 spiro atoms. The van der Waals surface area contributed by atoms with Crippen LogP contribution in [-0.4, -0.2) is 17.2 Å². The smallest absolute Gasteiger partial charge is 0.345 e. The van der Waals surface area contributed by atoms with Crippen LogP contribution in [0.15, 0.2) is 18.2 Å². The summed E-state index contributed by atoms with van der Waals surface area (Å²) in [4.78, 5) is 10.9. The summed E-state index contributed by atoms with van der Waals surface area (Å²) in [6.07, 6.45) is -0.908. The van der Waals surface area contributed by atoms with Crippen molar-refractivity contribution >= 4 is 29.2 Å². The third-order valence-corrected chi connectivity index (χ3v) is 2.38. The number of hydrogen-bond acceptors (Lipinski definition) is 2. The second kappa shape index (κ2) is 5.41. The van der Waals surface area contributed by atoms with Crippen molar-refractivity contribution in [1.29, 1.82) is 0 Å². The zero-order valence-electron chi connectivity index (χ0n) is 8.91. The van der Waals surface area contributed by atoms with Crippen LogP contribution < -0.4 is 4.74 Å². The zero-order valence-corrected chi connectivity index (χ0v) is 10.4. The van der Waals surface area contributed by atoms with Gasteiger partial charge in [-0.3, -0.25) is 0 Å². The van der Waals surface area contributed by atoms with Gasteiger partial charge in [-0.25, -0.2) is 4.79 Å². The van der Waals surface area contributed by atoms with E-state index < -0.39 is 12.1 Å². The summed E-state index contributed by atoms with van der Waals surface area (Å²) in [5.74, 6) is -0.792. The lowest BCUT2D eigenvalue weighted by molar-refractivity contribution is -0.147. The molecule has 0 fully saturated rings. The van der Waals surface area contributed by atoms with Crippen LogP contribution >= 0.6 is 23.2 Å². The number of carboxylic acids is 1. The number of carboxylic acid groups (broad SMARTS) is 1. The van der Waals surface area contributed by atoms with E-state index in [1.807, 2.05) is 0 Å². The second-order valence-electron chi connectivity index (χ2n) is 3.73. The molecular formula is C11H12Cl2O3. The van der Waals surface area contributed by atoms with Gasteiger partial charge in [0.25, 0.3) is 0 Å². The van der Waals surface area contributed by atoms with E-state index >= 15 is 0 Å². The molecule has 1 aromatic rings. The van der Waals surface area contributed by atoms with Gasteiger partial charge >= 0.3 is 5.97 Å². The van der Waals surface area contributed by atoms with E-state index in [9.17, 15) is 4.79 Å². The topological polar surface area (TPSA) is 46.5 Å². The van der Waals surface area contributed by atoms with E-state index in [1.54, 1.807) is 19.9 Å². The molecule has 0 bridgehead atoms. The molecule has 0 saturated heterocycles. The average Bonchev–Trinajstić information content (AvgIpc) is 2.11. The normalized spacial score (nSPS) is 12.6. The lowest BCUT2D eigenvalue weighted by Gasteiger charge is -2.18. The van der Waals surface area contributed by atoms with Gasteiger partial charge in [0.05, 0.1) is 0 Å². The Morgan fingerprint density at radius 3 is 2.12 bits per heavy atom. The number of benzene rings is 1. The van der Waals surface area contributed by atoms with Crippen molar-refractivity contribution in [3.8, 4) is 5.75 Å². The minimum absolute atomic E-state index is 0.143. The van der Waals surface area contributed by atoms with Gasteiger partial charge in [-0.05, 0) is 18.2 Å². The van der Waals surface area contributed by atoms with Crippen LogP contribution in [0.25, 0.3) is 0 Å². The number of rotatable bonds is 4. The summed E-state index contributed by atoms with van der Waals surface area (Å²) in [6.45, 7) is 3.54. The Bertz CT molecular complexity index is 371. The minimum atomic E-state index is -1.01. The van der Waals surface area contributed by atoms with Gasteiger partial charge in [0, 0.05) is 16.0 Å². The Balaban J connectivity index is 2.89. The van der Waals surface area contributed by atoms with Crippen molar-refractivity contribution in [2.24, 2.45) is 5.92 Å². The standard InChI is InChI=1S/C11H12Cl2O3/c1-6(2)10(11(14)15)16-9-4-7(12)3-8(13)5-9/h3-6,10H,1-2H3,(H,14,15). The summed E-state index contributed by atoms with van der Waals surface area (Å²) in [5, 5.41) is 9.78. The highest BCUT2D eigenvalue weighted by Crippen LogP contribution is 2.26. The van der Waals surface area contributed by atoms with Crippen molar-refractivity contribution < 1.29 is 14.6 Å². The first-order valence-corrected chi connectivity index (χ1v) is 5.51. The lowest BCUT2D eigenvalue weighted by Crippen LogP contribution is -2.32. The molecule has 0 aliphatic rings. The first-order chi connectivity index (χ1) is 7.40. The third kappa shape index (κ3) is 3.58. The summed E-state index contributed by atoms with van der Waals surface area (Å²) in [5.41, 5.74) is 0. The second-order valence-corrected chi connectivity index (χ2v) is 4.60. The van der Waals surface area contributed by atoms with E-state index in [0.29, 0.717) is 15.8 Å². The molecule has 1 N–H and O–H groups in total. The van der Waals surface area contributed by atoms with Crippen LogP contribution in [0.2, 0.25) is 10.0 Å². The first-order valence-electron chi connectivity index (χ1n) is 4.75. The van der Waals surface area contributed by atoms with Gasteiger partial charge in [0.2, 0.25) is 0 Å². The maximum Gasteiger partial charge on any atom is 0.345 e. The summed E-state index contributed by atoms with van der Waals surface area (Å²) in [6, 6.07) is 4.62. The Labute approximate surface area is 104 Å². The maximum absolute atomic E-state index is 10.9. The maximum atomic E-state index is 10.9. The molecule has 0 aliphatic heterocycles. The van der Waals surface area contributed by atoms with Crippen molar-refractivity contribution in [2.75, 3.05) is 0 Å². The predicted octanol–water partition coefficient (Wildman–Crippen LogP) is 3.48. The van der Waals surface area contributed by atoms with Gasteiger partial charge in [-0.15, -0.1) is 0 Å². The zero-order chi connectivity index (χ0) is 12.3. The summed E-state index contributed by atoms with van der Waals surface area (Å²) in [7, 11) is 0. The van der Waals surface area contributed by atoms with Crippen LogP contribution in [0.5, 0.6) is 5.75 Å². The van der Waals surface area contributed by atoms with E-state index in [0.717, 1.165) is 0 Å². The number of hydrogen-bond donors (Lipinski definition) is 1. The van der Waals surface area contributed by atoms with Crippen molar-refractivity contribution in [3.05, 3.63) is 28.2 Å². The van der Waals surface area contributed by atoms with Gasteiger partial charge in [0.15, 0.2) is 6.10 Å². The molecule has 3 nitrogen and oxygen atoms in total. The molecule has 16 heavy (non-hydrogen) atoms. The largest absolute Gasteiger partial charge is 0.478 e. The molecule has 0 aromatic heterocycles. The van der Waals surface area contributed by atoms with Crippen LogP contribution in [0.3, 0.4) is 0 Å². The molecule has 1 atom stereocenters. The van der Waals surface area contributed by atoms with Crippen LogP contribution in [0, 0.1) is 5.92 Å². The average molecular weight is 263 g/mol. The fourth-order valence-corrected chi connectivity index (χ4v) is 1.72. The Hall–Kier alpha value is -0.930. The highest BCUT2D eigenvalue weighted by atomic mass is 35.5. The SMILES string of the molecule is CC(C)C(Oc1cc(Cl)cc(Cl)c1)C(=O)O. The molecule has 0 amide bonds.